The molecule has 1 aromatic rings. The molecule has 0 amide bonds. The second-order valence-corrected chi connectivity index (χ2v) is 3.67. The van der Waals surface area contributed by atoms with Gasteiger partial charge in [0.1, 0.15) is 0 Å². The first-order chi connectivity index (χ1) is 6.18. The van der Waals surface area contributed by atoms with Crippen molar-refractivity contribution in [3.8, 4) is 0 Å². The van der Waals surface area contributed by atoms with Crippen molar-refractivity contribution in [3.05, 3.63) is 39.9 Å². The lowest BCUT2D eigenvalue weighted by Gasteiger charge is -2.07. The van der Waals surface area contributed by atoms with Crippen LogP contribution in [0.5, 0.6) is 0 Å². The number of allylic oxidation sites excluding steroid dienone is 1. The van der Waals surface area contributed by atoms with Gasteiger partial charge in [0.05, 0.1) is 0 Å². The van der Waals surface area contributed by atoms with Gasteiger partial charge in [-0.25, -0.2) is 0 Å². The average molecular weight is 237 g/mol. The van der Waals surface area contributed by atoms with Crippen molar-refractivity contribution in [2.75, 3.05) is 0 Å². The Hall–Kier alpha value is -1.22. The molecule has 64 valence electrons. The van der Waals surface area contributed by atoms with Gasteiger partial charge in [0.2, 0.25) is 11.6 Å². The van der Waals surface area contributed by atoms with Crippen LogP contribution in [0.3, 0.4) is 0 Å². The molecule has 3 heteroatoms. The summed E-state index contributed by atoms with van der Waals surface area (Å²) in [6.07, 6.45) is 2.96. The summed E-state index contributed by atoms with van der Waals surface area (Å²) in [4.78, 5) is 22.3. The summed E-state index contributed by atoms with van der Waals surface area (Å²) in [6, 6.07) is 5.22. The fourth-order valence-corrected chi connectivity index (χ4v) is 1.63. The van der Waals surface area contributed by atoms with Gasteiger partial charge in [0.25, 0.3) is 0 Å². The molecule has 13 heavy (non-hydrogen) atoms. The van der Waals surface area contributed by atoms with Crippen LogP contribution in [-0.2, 0) is 4.79 Å². The maximum Gasteiger partial charge on any atom is 0.233 e. The van der Waals surface area contributed by atoms with E-state index < -0.39 is 11.6 Å². The molecule has 2 nitrogen and oxygen atoms in total. The molecule has 0 atom stereocenters. The molecule has 0 radical (unpaired) electrons. The van der Waals surface area contributed by atoms with Crippen LogP contribution in [-0.4, -0.2) is 11.6 Å². The van der Waals surface area contributed by atoms with E-state index in [0.29, 0.717) is 5.56 Å². The number of ketones is 2. The third-order valence-electron chi connectivity index (χ3n) is 1.90. The van der Waals surface area contributed by atoms with E-state index in [1.165, 1.54) is 6.08 Å². The SMILES string of the molecule is O=C1C=Cc2cc(Br)ccc2C1=O. The van der Waals surface area contributed by atoms with Gasteiger partial charge in [0.15, 0.2) is 0 Å². The third-order valence-corrected chi connectivity index (χ3v) is 2.39. The number of carbonyl (C=O) groups excluding carboxylic acids is 2. The molecule has 0 saturated carbocycles. The second kappa shape index (κ2) is 2.92. The zero-order valence-electron chi connectivity index (χ0n) is 6.58. The molecular weight excluding hydrogens is 232 g/mol. The first-order valence-electron chi connectivity index (χ1n) is 3.75. The summed E-state index contributed by atoms with van der Waals surface area (Å²) in [5.74, 6) is -0.875. The third kappa shape index (κ3) is 1.35. The molecule has 0 unspecified atom stereocenters. The molecule has 0 spiro atoms. The monoisotopic (exact) mass is 236 g/mol. The molecule has 1 aliphatic rings. The fourth-order valence-electron chi connectivity index (χ4n) is 1.25. The largest absolute Gasteiger partial charge is 0.286 e. The molecule has 0 aromatic heterocycles. The van der Waals surface area contributed by atoms with Crippen LogP contribution in [0.15, 0.2) is 28.7 Å². The van der Waals surface area contributed by atoms with Crippen LogP contribution < -0.4 is 0 Å². The number of Topliss-reactive ketones (excluding diaryl/α,β-unsaturated/α-hetero) is 1. The van der Waals surface area contributed by atoms with Gasteiger partial charge in [-0.1, -0.05) is 22.0 Å². The molecular formula is C10H5BrO2. The number of benzene rings is 1. The Balaban J connectivity index is 2.66. The zero-order valence-corrected chi connectivity index (χ0v) is 8.17. The van der Waals surface area contributed by atoms with Crippen LogP contribution in [0.25, 0.3) is 6.08 Å². The van der Waals surface area contributed by atoms with Crippen molar-refractivity contribution in [1.82, 2.24) is 0 Å². The minimum atomic E-state index is -0.449. The highest BCUT2D eigenvalue weighted by Gasteiger charge is 2.20. The average Bonchev–Trinajstić information content (AvgIpc) is 2.12. The van der Waals surface area contributed by atoms with E-state index in [-0.39, 0.29) is 0 Å². The number of rotatable bonds is 0. The summed E-state index contributed by atoms with van der Waals surface area (Å²) in [5.41, 5.74) is 1.27. The Kier molecular flexibility index (Phi) is 1.88. The van der Waals surface area contributed by atoms with Gasteiger partial charge in [-0.05, 0) is 29.8 Å². The Morgan fingerprint density at radius 1 is 1.08 bits per heavy atom. The summed E-state index contributed by atoms with van der Waals surface area (Å²) in [5, 5.41) is 0. The van der Waals surface area contributed by atoms with Gasteiger partial charge in [-0.3, -0.25) is 9.59 Å². The highest BCUT2D eigenvalue weighted by atomic mass is 79.9. The topological polar surface area (TPSA) is 34.1 Å². The van der Waals surface area contributed by atoms with E-state index in [0.717, 1.165) is 10.0 Å². The summed E-state index contributed by atoms with van der Waals surface area (Å²) >= 11 is 3.30. The lowest BCUT2D eigenvalue weighted by atomic mass is 9.96. The lowest BCUT2D eigenvalue weighted by molar-refractivity contribution is -0.110. The molecule has 0 heterocycles. The Labute approximate surface area is 83.4 Å². The molecule has 0 bridgehead atoms. The van der Waals surface area contributed by atoms with Gasteiger partial charge in [-0.2, -0.15) is 0 Å². The number of hydrogen-bond donors (Lipinski definition) is 0. The summed E-state index contributed by atoms with van der Waals surface area (Å²) in [7, 11) is 0. The van der Waals surface area contributed by atoms with Gasteiger partial charge in [-0.15, -0.1) is 0 Å². The Morgan fingerprint density at radius 3 is 2.62 bits per heavy atom. The van der Waals surface area contributed by atoms with Crippen LogP contribution >= 0.6 is 15.9 Å². The summed E-state index contributed by atoms with van der Waals surface area (Å²) in [6.45, 7) is 0. The Morgan fingerprint density at radius 2 is 1.85 bits per heavy atom. The van der Waals surface area contributed by atoms with Crippen molar-refractivity contribution in [2.24, 2.45) is 0 Å². The van der Waals surface area contributed by atoms with E-state index in [1.54, 1.807) is 18.2 Å². The number of fused-ring (bicyclic) bond motifs is 1. The summed E-state index contributed by atoms with van der Waals surface area (Å²) < 4.78 is 0.901. The van der Waals surface area contributed by atoms with Gasteiger partial charge in [0, 0.05) is 10.0 Å². The maximum absolute atomic E-state index is 11.3. The van der Waals surface area contributed by atoms with Crippen molar-refractivity contribution >= 4 is 33.6 Å². The standard InChI is InChI=1S/C10H5BrO2/c11-7-2-3-8-6(5-7)1-4-9(12)10(8)13/h1-5H. The van der Waals surface area contributed by atoms with Crippen LogP contribution in [0.2, 0.25) is 0 Å². The van der Waals surface area contributed by atoms with Crippen molar-refractivity contribution in [1.29, 1.82) is 0 Å². The predicted octanol–water partition coefficient (Wildman–Crippen LogP) is 2.23. The highest BCUT2D eigenvalue weighted by molar-refractivity contribution is 9.10. The smallest absolute Gasteiger partial charge is 0.233 e. The number of halogens is 1. The minimum Gasteiger partial charge on any atom is -0.286 e. The van der Waals surface area contributed by atoms with E-state index >= 15 is 0 Å². The molecule has 2 rings (SSSR count). The fraction of sp³-hybridized carbons (Fsp3) is 0. The van der Waals surface area contributed by atoms with Gasteiger partial charge >= 0.3 is 0 Å². The highest BCUT2D eigenvalue weighted by Crippen LogP contribution is 2.21. The normalized spacial score (nSPS) is 14.5. The van der Waals surface area contributed by atoms with Crippen LogP contribution in [0.1, 0.15) is 15.9 Å². The van der Waals surface area contributed by atoms with Crippen molar-refractivity contribution in [2.45, 2.75) is 0 Å². The molecule has 1 aliphatic carbocycles. The van der Waals surface area contributed by atoms with Crippen molar-refractivity contribution in [3.63, 3.8) is 0 Å². The molecule has 0 saturated heterocycles. The van der Waals surface area contributed by atoms with E-state index in [9.17, 15) is 9.59 Å². The minimum absolute atomic E-state index is 0.426. The molecule has 0 aliphatic heterocycles. The van der Waals surface area contributed by atoms with Crippen LogP contribution in [0, 0.1) is 0 Å². The van der Waals surface area contributed by atoms with E-state index in [1.807, 2.05) is 6.07 Å². The zero-order chi connectivity index (χ0) is 9.42. The second-order valence-electron chi connectivity index (χ2n) is 2.76. The molecule has 0 N–H and O–H groups in total. The predicted molar refractivity (Wildman–Crippen MR) is 52.5 cm³/mol. The van der Waals surface area contributed by atoms with E-state index in [2.05, 4.69) is 15.9 Å². The Bertz CT molecular complexity index is 433. The molecule has 1 aromatic carbocycles. The number of carbonyl (C=O) groups is 2. The van der Waals surface area contributed by atoms with Gasteiger partial charge < -0.3 is 0 Å². The van der Waals surface area contributed by atoms with E-state index in [4.69, 9.17) is 0 Å². The maximum atomic E-state index is 11.3. The first kappa shape index (κ1) is 8.38. The quantitative estimate of drug-likeness (QED) is 0.648. The first-order valence-corrected chi connectivity index (χ1v) is 4.54. The lowest BCUT2D eigenvalue weighted by Crippen LogP contribution is -2.15. The van der Waals surface area contributed by atoms with Crippen molar-refractivity contribution < 1.29 is 9.59 Å². The molecule has 0 fully saturated rings. The van der Waals surface area contributed by atoms with Crippen LogP contribution in [0.4, 0.5) is 0 Å². The number of hydrogen-bond acceptors (Lipinski definition) is 2.